The maximum Gasteiger partial charge on any atom is 0.315 e. The van der Waals surface area contributed by atoms with Gasteiger partial charge in [-0.1, -0.05) is 38.1 Å². The molecule has 0 unspecified atom stereocenters. The maximum atomic E-state index is 12.3. The highest BCUT2D eigenvalue weighted by Crippen LogP contribution is 2.30. The van der Waals surface area contributed by atoms with Crippen LogP contribution in [0.25, 0.3) is 0 Å². The average molecular weight is 340 g/mol. The molecule has 0 bridgehead atoms. The van der Waals surface area contributed by atoms with Gasteiger partial charge < -0.3 is 10.6 Å². The first-order valence-corrected chi connectivity index (χ1v) is 8.85. The van der Waals surface area contributed by atoms with Gasteiger partial charge in [-0.15, -0.1) is 0 Å². The second-order valence-electron chi connectivity index (χ2n) is 6.28. The monoisotopic (exact) mass is 340 g/mol. The molecule has 1 aromatic carbocycles. The van der Waals surface area contributed by atoms with E-state index in [1.807, 2.05) is 26.0 Å². The number of nitrogens with zero attached hydrogens (tertiary/aromatic N) is 1. The van der Waals surface area contributed by atoms with E-state index in [0.717, 1.165) is 30.5 Å². The third kappa shape index (κ3) is 3.57. The van der Waals surface area contributed by atoms with Crippen LogP contribution in [0.5, 0.6) is 0 Å². The normalized spacial score (nSPS) is 15.7. The van der Waals surface area contributed by atoms with Gasteiger partial charge in [0.15, 0.2) is 0 Å². The summed E-state index contributed by atoms with van der Waals surface area (Å²) < 4.78 is 0. The van der Waals surface area contributed by atoms with E-state index >= 15 is 0 Å². The van der Waals surface area contributed by atoms with Crippen LogP contribution in [-0.2, 0) is 25.8 Å². The van der Waals surface area contributed by atoms with Gasteiger partial charge in [-0.05, 0) is 42.4 Å². The van der Waals surface area contributed by atoms with E-state index in [1.54, 1.807) is 0 Å². The van der Waals surface area contributed by atoms with E-state index in [2.05, 4.69) is 33.0 Å². The summed E-state index contributed by atoms with van der Waals surface area (Å²) in [4.78, 5) is 24.4. The van der Waals surface area contributed by atoms with Crippen molar-refractivity contribution >= 4 is 6.03 Å². The van der Waals surface area contributed by atoms with Gasteiger partial charge in [-0.2, -0.15) is 5.10 Å². The zero-order valence-corrected chi connectivity index (χ0v) is 14.7. The highest BCUT2D eigenvalue weighted by atomic mass is 16.2. The van der Waals surface area contributed by atoms with Crippen molar-refractivity contribution in [2.24, 2.45) is 0 Å². The number of carbonyl (C=O) groups is 1. The minimum Gasteiger partial charge on any atom is -0.334 e. The van der Waals surface area contributed by atoms with Crippen LogP contribution in [0.15, 0.2) is 29.1 Å². The van der Waals surface area contributed by atoms with Gasteiger partial charge in [0.05, 0.1) is 18.3 Å². The van der Waals surface area contributed by atoms with Crippen LogP contribution in [0.2, 0.25) is 0 Å². The first-order valence-electron chi connectivity index (χ1n) is 8.85. The molecule has 25 heavy (non-hydrogen) atoms. The van der Waals surface area contributed by atoms with Crippen LogP contribution in [0.4, 0.5) is 4.79 Å². The molecule has 1 atom stereocenters. The number of aromatic amines is 1. The summed E-state index contributed by atoms with van der Waals surface area (Å²) in [7, 11) is 0. The summed E-state index contributed by atoms with van der Waals surface area (Å²) in [6.45, 7) is 4.20. The van der Waals surface area contributed by atoms with Gasteiger partial charge in [-0.25, -0.2) is 9.89 Å². The molecule has 0 spiro atoms. The van der Waals surface area contributed by atoms with Crippen molar-refractivity contribution in [2.45, 2.75) is 52.1 Å². The van der Waals surface area contributed by atoms with Crippen LogP contribution >= 0.6 is 0 Å². The average Bonchev–Trinajstić information content (AvgIpc) is 3.03. The number of hydrogen-bond acceptors (Lipinski definition) is 3. The topological polar surface area (TPSA) is 86.9 Å². The van der Waals surface area contributed by atoms with E-state index in [0.29, 0.717) is 12.0 Å². The molecule has 0 aliphatic heterocycles. The predicted octanol–water partition coefficient (Wildman–Crippen LogP) is 2.38. The summed E-state index contributed by atoms with van der Waals surface area (Å²) in [5.41, 5.74) is 4.64. The van der Waals surface area contributed by atoms with E-state index in [4.69, 9.17) is 0 Å². The third-order valence-corrected chi connectivity index (χ3v) is 4.83. The molecule has 6 nitrogen and oxygen atoms in total. The molecule has 0 fully saturated rings. The number of rotatable bonds is 5. The fourth-order valence-corrected chi connectivity index (χ4v) is 3.55. The molecule has 1 aliphatic rings. The van der Waals surface area contributed by atoms with Crippen molar-refractivity contribution in [1.29, 1.82) is 0 Å². The molecule has 0 radical (unpaired) electrons. The molecule has 2 amide bonds. The molecule has 3 rings (SSSR count). The highest BCUT2D eigenvalue weighted by Gasteiger charge is 2.23. The number of hydrogen-bond donors (Lipinski definition) is 3. The molecule has 3 N–H and O–H groups in total. The molecular weight excluding hydrogens is 316 g/mol. The van der Waals surface area contributed by atoms with Crippen LogP contribution in [-0.4, -0.2) is 16.2 Å². The predicted molar refractivity (Wildman–Crippen MR) is 96.5 cm³/mol. The van der Waals surface area contributed by atoms with Crippen LogP contribution < -0.4 is 16.2 Å². The van der Waals surface area contributed by atoms with E-state index in [-0.39, 0.29) is 24.2 Å². The van der Waals surface area contributed by atoms with E-state index in [9.17, 15) is 9.59 Å². The maximum absolute atomic E-state index is 12.3. The zero-order valence-electron chi connectivity index (χ0n) is 14.7. The van der Waals surface area contributed by atoms with Crippen LogP contribution in [0.3, 0.4) is 0 Å². The first-order chi connectivity index (χ1) is 12.1. The number of benzene rings is 1. The molecule has 6 heteroatoms. The molecule has 0 saturated carbocycles. The van der Waals surface area contributed by atoms with Gasteiger partial charge in [-0.3, -0.25) is 4.79 Å². The SMILES string of the molecule is CCc1n[nH]c(=O)c(CNC(=O)N[C@@H]2CCc3ccccc32)c1CC. The number of aromatic nitrogens is 2. The first kappa shape index (κ1) is 17.2. The lowest BCUT2D eigenvalue weighted by atomic mass is 10.0. The van der Waals surface area contributed by atoms with Gasteiger partial charge >= 0.3 is 6.03 Å². The summed E-state index contributed by atoms with van der Waals surface area (Å²) in [6.07, 6.45) is 3.35. The van der Waals surface area contributed by atoms with Crippen molar-refractivity contribution in [2.75, 3.05) is 0 Å². The largest absolute Gasteiger partial charge is 0.334 e. The molecule has 1 heterocycles. The van der Waals surface area contributed by atoms with Crippen molar-refractivity contribution in [1.82, 2.24) is 20.8 Å². The summed E-state index contributed by atoms with van der Waals surface area (Å²) >= 11 is 0. The van der Waals surface area contributed by atoms with E-state index < -0.39 is 0 Å². The van der Waals surface area contributed by atoms with Gasteiger partial charge in [0.1, 0.15) is 0 Å². The Labute approximate surface area is 147 Å². The van der Waals surface area contributed by atoms with Crippen LogP contribution in [0, 0.1) is 0 Å². The lowest BCUT2D eigenvalue weighted by Crippen LogP contribution is -2.38. The summed E-state index contributed by atoms with van der Waals surface area (Å²) in [5.74, 6) is 0. The number of H-pyrrole nitrogens is 1. The zero-order chi connectivity index (χ0) is 17.8. The smallest absolute Gasteiger partial charge is 0.315 e. The number of carbonyl (C=O) groups excluding carboxylic acids is 1. The molecule has 2 aromatic rings. The van der Waals surface area contributed by atoms with Gasteiger partial charge in [0.2, 0.25) is 0 Å². The molecule has 0 saturated heterocycles. The van der Waals surface area contributed by atoms with Crippen molar-refractivity contribution in [3.05, 3.63) is 62.6 Å². The number of urea groups is 1. The number of amides is 2. The molecule has 1 aliphatic carbocycles. The Morgan fingerprint density at radius 3 is 2.80 bits per heavy atom. The second-order valence-corrected chi connectivity index (χ2v) is 6.28. The molecular formula is C19H24N4O2. The molecule has 1 aromatic heterocycles. The molecule has 132 valence electrons. The minimum atomic E-state index is -0.252. The van der Waals surface area contributed by atoms with Crippen molar-refractivity contribution < 1.29 is 4.79 Å². The Kier molecular flexibility index (Phi) is 5.16. The van der Waals surface area contributed by atoms with Crippen molar-refractivity contribution in [3.63, 3.8) is 0 Å². The van der Waals surface area contributed by atoms with Gasteiger partial charge in [0, 0.05) is 5.56 Å². The lowest BCUT2D eigenvalue weighted by molar-refractivity contribution is 0.236. The van der Waals surface area contributed by atoms with Gasteiger partial charge in [0.25, 0.3) is 5.56 Å². The van der Waals surface area contributed by atoms with Crippen molar-refractivity contribution in [3.8, 4) is 0 Å². The highest BCUT2D eigenvalue weighted by molar-refractivity contribution is 5.74. The second kappa shape index (κ2) is 7.51. The Morgan fingerprint density at radius 1 is 1.24 bits per heavy atom. The number of nitrogens with one attached hydrogen (secondary N) is 3. The van der Waals surface area contributed by atoms with Crippen LogP contribution in [0.1, 0.15) is 54.3 Å². The standard InChI is InChI=1S/C19H24N4O2/c1-3-13-15(18(24)23-22-16(13)4-2)11-20-19(25)21-17-10-9-12-7-5-6-8-14(12)17/h5-8,17H,3-4,9-11H2,1-2H3,(H,23,24)(H2,20,21,25)/t17-/m1/s1. The summed E-state index contributed by atoms with van der Waals surface area (Å²) in [6, 6.07) is 7.96. The Balaban J connectivity index is 1.67. The minimum absolute atomic E-state index is 0.0313. The third-order valence-electron chi connectivity index (χ3n) is 4.83. The Morgan fingerprint density at radius 2 is 2.04 bits per heavy atom. The Bertz CT molecular complexity index is 828. The fourth-order valence-electron chi connectivity index (χ4n) is 3.55. The number of fused-ring (bicyclic) bond motifs is 1. The quantitative estimate of drug-likeness (QED) is 0.781. The summed E-state index contributed by atoms with van der Waals surface area (Å²) in [5, 5.41) is 12.5. The Hall–Kier alpha value is -2.63. The number of aryl methyl sites for hydroxylation is 2. The van der Waals surface area contributed by atoms with E-state index in [1.165, 1.54) is 11.1 Å². The fraction of sp³-hybridized carbons (Fsp3) is 0.421. The lowest BCUT2D eigenvalue weighted by Gasteiger charge is -2.16.